The average molecular weight is 390 g/mol. The molecule has 1 heterocycles. The number of ether oxygens (including phenoxy) is 1. The zero-order chi connectivity index (χ0) is 16.2. The summed E-state index contributed by atoms with van der Waals surface area (Å²) in [4.78, 5) is 12.9. The highest BCUT2D eigenvalue weighted by atomic mass is 79.9. The van der Waals surface area contributed by atoms with Crippen molar-refractivity contribution in [3.8, 4) is 17.0 Å². The number of nitrogens with one attached hydrogen (secondary N) is 1. The summed E-state index contributed by atoms with van der Waals surface area (Å²) >= 11 is 4.43. The molecule has 0 spiro atoms. The maximum Gasteiger partial charge on any atom is 0.269 e. The topological polar surface area (TPSA) is 64.1 Å². The van der Waals surface area contributed by atoms with E-state index in [1.807, 2.05) is 48.5 Å². The summed E-state index contributed by atoms with van der Waals surface area (Å²) in [5.41, 5.74) is 2.10. The second-order valence-electron chi connectivity index (χ2n) is 4.64. The van der Waals surface area contributed by atoms with Crippen molar-refractivity contribution in [1.82, 2.24) is 9.59 Å². The molecule has 0 aliphatic rings. The van der Waals surface area contributed by atoms with E-state index in [0.717, 1.165) is 27.3 Å². The smallest absolute Gasteiger partial charge is 0.269 e. The molecule has 0 bridgehead atoms. The number of amides is 1. The van der Waals surface area contributed by atoms with Gasteiger partial charge in [0.15, 0.2) is 0 Å². The third-order valence-corrected chi connectivity index (χ3v) is 4.41. The average Bonchev–Trinajstić information content (AvgIpc) is 3.07. The number of rotatable bonds is 4. The van der Waals surface area contributed by atoms with Crippen LogP contribution in [0.3, 0.4) is 0 Å². The van der Waals surface area contributed by atoms with E-state index in [4.69, 9.17) is 4.74 Å². The normalized spacial score (nSPS) is 10.3. The van der Waals surface area contributed by atoms with Crippen LogP contribution in [0.5, 0.6) is 5.75 Å². The molecule has 7 heteroatoms. The van der Waals surface area contributed by atoms with E-state index in [1.54, 1.807) is 7.11 Å². The molecule has 0 saturated carbocycles. The molecule has 0 unspecified atom stereocenters. The van der Waals surface area contributed by atoms with Gasteiger partial charge in [-0.05, 0) is 60.1 Å². The van der Waals surface area contributed by atoms with Gasteiger partial charge in [0.2, 0.25) is 0 Å². The summed E-state index contributed by atoms with van der Waals surface area (Å²) in [5, 5.41) is 6.93. The van der Waals surface area contributed by atoms with Gasteiger partial charge in [0, 0.05) is 15.7 Å². The zero-order valence-electron chi connectivity index (χ0n) is 12.1. The number of methoxy groups -OCH3 is 1. The minimum Gasteiger partial charge on any atom is -0.497 e. The summed E-state index contributed by atoms with van der Waals surface area (Å²) in [6.07, 6.45) is 0. The van der Waals surface area contributed by atoms with Crippen LogP contribution in [0.2, 0.25) is 0 Å². The lowest BCUT2D eigenvalue weighted by Crippen LogP contribution is -2.11. The van der Waals surface area contributed by atoms with Crippen LogP contribution in [0.4, 0.5) is 5.69 Å². The van der Waals surface area contributed by atoms with Crippen molar-refractivity contribution in [2.75, 3.05) is 12.4 Å². The Balaban J connectivity index is 1.84. The molecule has 0 aliphatic heterocycles. The number of carbonyl (C=O) groups is 1. The summed E-state index contributed by atoms with van der Waals surface area (Å²) in [5.74, 6) is 0.519. The molecule has 0 atom stereocenters. The van der Waals surface area contributed by atoms with Gasteiger partial charge in [-0.25, -0.2) is 0 Å². The predicted octanol–water partition coefficient (Wildman–Crippen LogP) is 4.23. The Morgan fingerprint density at radius 2 is 1.83 bits per heavy atom. The Kier molecular flexibility index (Phi) is 4.68. The summed E-state index contributed by atoms with van der Waals surface area (Å²) in [6, 6.07) is 14.7. The van der Waals surface area contributed by atoms with Gasteiger partial charge < -0.3 is 10.1 Å². The molecule has 3 rings (SSSR count). The van der Waals surface area contributed by atoms with Gasteiger partial charge in [0.1, 0.15) is 16.3 Å². The fourth-order valence-corrected chi connectivity index (χ4v) is 2.85. The van der Waals surface area contributed by atoms with Crippen LogP contribution in [-0.4, -0.2) is 22.6 Å². The van der Waals surface area contributed by atoms with Crippen molar-refractivity contribution in [3.63, 3.8) is 0 Å². The Bertz CT molecular complexity index is 816. The van der Waals surface area contributed by atoms with Crippen LogP contribution >= 0.6 is 27.5 Å². The van der Waals surface area contributed by atoms with E-state index in [1.165, 1.54) is 0 Å². The van der Waals surface area contributed by atoms with Crippen molar-refractivity contribution in [1.29, 1.82) is 0 Å². The van der Waals surface area contributed by atoms with Gasteiger partial charge in [0.05, 0.1) is 7.11 Å². The highest BCUT2D eigenvalue weighted by molar-refractivity contribution is 9.10. The van der Waals surface area contributed by atoms with Gasteiger partial charge in [0.25, 0.3) is 5.91 Å². The van der Waals surface area contributed by atoms with Crippen molar-refractivity contribution >= 4 is 39.1 Å². The highest BCUT2D eigenvalue weighted by Gasteiger charge is 2.18. The molecule has 0 aliphatic carbocycles. The number of hydrogen-bond donors (Lipinski definition) is 1. The lowest BCUT2D eigenvalue weighted by molar-refractivity contribution is 0.103. The van der Waals surface area contributed by atoms with Crippen LogP contribution in [0, 0.1) is 0 Å². The van der Waals surface area contributed by atoms with Crippen molar-refractivity contribution in [2.45, 2.75) is 0 Å². The number of aromatic nitrogens is 2. The minimum atomic E-state index is -0.229. The molecule has 0 saturated heterocycles. The number of hydrogen-bond acceptors (Lipinski definition) is 5. The molecule has 0 fully saturated rings. The molecule has 2 aromatic carbocycles. The van der Waals surface area contributed by atoms with E-state index < -0.39 is 0 Å². The second kappa shape index (κ2) is 6.89. The number of halogens is 1. The lowest BCUT2D eigenvalue weighted by atomic mass is 10.1. The minimum absolute atomic E-state index is 0.229. The molecular formula is C16H12BrN3O2S. The Morgan fingerprint density at radius 1 is 1.13 bits per heavy atom. The molecule has 3 aromatic rings. The van der Waals surface area contributed by atoms with Gasteiger partial charge in [-0.3, -0.25) is 4.79 Å². The predicted molar refractivity (Wildman–Crippen MR) is 94.0 cm³/mol. The zero-order valence-corrected chi connectivity index (χ0v) is 14.5. The van der Waals surface area contributed by atoms with E-state index in [9.17, 15) is 4.79 Å². The first kappa shape index (κ1) is 15.6. The Labute approximate surface area is 145 Å². The number of benzene rings is 2. The monoisotopic (exact) mass is 389 g/mol. The number of nitrogens with zero attached hydrogens (tertiary/aromatic N) is 2. The third kappa shape index (κ3) is 3.57. The Hall–Kier alpha value is -2.25. The van der Waals surface area contributed by atoms with Gasteiger partial charge in [-0.2, -0.15) is 0 Å². The maximum atomic E-state index is 12.5. The molecule has 1 N–H and O–H groups in total. The molecule has 23 heavy (non-hydrogen) atoms. The summed E-state index contributed by atoms with van der Waals surface area (Å²) < 4.78 is 10.00. The highest BCUT2D eigenvalue weighted by Crippen LogP contribution is 2.26. The van der Waals surface area contributed by atoms with Crippen LogP contribution in [-0.2, 0) is 0 Å². The molecule has 0 radical (unpaired) electrons. The fourth-order valence-electron chi connectivity index (χ4n) is 2.00. The Morgan fingerprint density at radius 3 is 2.48 bits per heavy atom. The number of anilines is 1. The van der Waals surface area contributed by atoms with Crippen molar-refractivity contribution < 1.29 is 9.53 Å². The van der Waals surface area contributed by atoms with E-state index in [0.29, 0.717) is 16.3 Å². The standard InChI is InChI=1S/C16H12BrN3O2S/c1-22-13-8-2-10(3-9-13)14-15(23-20-19-14)16(21)18-12-6-4-11(17)5-7-12/h2-9H,1H3,(H,18,21). The van der Waals surface area contributed by atoms with E-state index in [2.05, 4.69) is 30.8 Å². The van der Waals surface area contributed by atoms with E-state index in [-0.39, 0.29) is 5.91 Å². The van der Waals surface area contributed by atoms with Crippen molar-refractivity contribution in [3.05, 3.63) is 57.9 Å². The quantitative estimate of drug-likeness (QED) is 0.724. The molecular weight excluding hydrogens is 378 g/mol. The van der Waals surface area contributed by atoms with Crippen LogP contribution < -0.4 is 10.1 Å². The fraction of sp³-hybridized carbons (Fsp3) is 0.0625. The first-order valence-corrected chi connectivity index (χ1v) is 8.27. The van der Waals surface area contributed by atoms with Crippen molar-refractivity contribution in [2.24, 2.45) is 0 Å². The summed E-state index contributed by atoms with van der Waals surface area (Å²) in [6.45, 7) is 0. The molecule has 116 valence electrons. The largest absolute Gasteiger partial charge is 0.497 e. The SMILES string of the molecule is COc1ccc(-c2nnsc2C(=O)Nc2ccc(Br)cc2)cc1. The van der Waals surface area contributed by atoms with Gasteiger partial charge in [-0.15, -0.1) is 5.10 Å². The third-order valence-electron chi connectivity index (χ3n) is 3.16. The first-order valence-electron chi connectivity index (χ1n) is 6.71. The summed E-state index contributed by atoms with van der Waals surface area (Å²) in [7, 11) is 1.61. The van der Waals surface area contributed by atoms with E-state index >= 15 is 0 Å². The molecule has 1 amide bonds. The first-order chi connectivity index (χ1) is 11.2. The lowest BCUT2D eigenvalue weighted by Gasteiger charge is -2.05. The second-order valence-corrected chi connectivity index (χ2v) is 6.31. The number of carbonyl (C=O) groups excluding carboxylic acids is 1. The van der Waals surface area contributed by atoms with Crippen LogP contribution in [0.25, 0.3) is 11.3 Å². The van der Waals surface area contributed by atoms with Crippen LogP contribution in [0.15, 0.2) is 53.0 Å². The molecule has 1 aromatic heterocycles. The van der Waals surface area contributed by atoms with Gasteiger partial charge in [-0.1, -0.05) is 20.4 Å². The maximum absolute atomic E-state index is 12.5. The molecule has 5 nitrogen and oxygen atoms in total. The van der Waals surface area contributed by atoms with Gasteiger partial charge >= 0.3 is 0 Å². The van der Waals surface area contributed by atoms with Crippen LogP contribution in [0.1, 0.15) is 9.67 Å².